The normalized spacial score (nSPS) is 12.7. The van der Waals surface area contributed by atoms with E-state index < -0.39 is 0 Å². The van der Waals surface area contributed by atoms with E-state index in [-0.39, 0.29) is 11.8 Å². The maximum absolute atomic E-state index is 12.2. The largest absolute Gasteiger partial charge is 0.352 e. The van der Waals surface area contributed by atoms with Crippen LogP contribution >= 0.6 is 0 Å². The molecule has 0 radical (unpaired) electrons. The number of rotatable bonds is 10. The van der Waals surface area contributed by atoms with Gasteiger partial charge in [0.2, 0.25) is 11.8 Å². The van der Waals surface area contributed by atoms with Crippen LogP contribution in [0.4, 0.5) is 0 Å². The van der Waals surface area contributed by atoms with Crippen LogP contribution in [0.3, 0.4) is 0 Å². The number of hydrogen-bond acceptors (Lipinski definition) is 2. The summed E-state index contributed by atoms with van der Waals surface area (Å²) in [6.45, 7) is 6.39. The predicted octanol–water partition coefficient (Wildman–Crippen LogP) is 3.61. The third kappa shape index (κ3) is 6.18. The van der Waals surface area contributed by atoms with Gasteiger partial charge in [0, 0.05) is 32.5 Å². The number of nitrogens with zero attached hydrogens (tertiary/aromatic N) is 1. The molecule has 2 rings (SSSR count). The molecule has 1 aliphatic rings. The highest BCUT2D eigenvalue weighted by Gasteiger charge is 2.13. The third-order valence-electron chi connectivity index (χ3n) is 4.79. The van der Waals surface area contributed by atoms with Crippen LogP contribution in [0.25, 0.3) is 0 Å². The maximum Gasteiger partial charge on any atom is 0.222 e. The lowest BCUT2D eigenvalue weighted by atomic mass is 10.1. The van der Waals surface area contributed by atoms with E-state index in [1.54, 1.807) is 0 Å². The Bertz CT molecular complexity index is 577. The second-order valence-corrected chi connectivity index (χ2v) is 6.97. The van der Waals surface area contributed by atoms with E-state index in [0.29, 0.717) is 25.8 Å². The van der Waals surface area contributed by atoms with Gasteiger partial charge < -0.3 is 10.2 Å². The fourth-order valence-electron chi connectivity index (χ4n) is 3.48. The van der Waals surface area contributed by atoms with Crippen LogP contribution in [0.5, 0.6) is 0 Å². The number of carbonyl (C=O) groups excluding carboxylic acids is 2. The number of carbonyl (C=O) groups is 2. The van der Waals surface area contributed by atoms with Crippen molar-refractivity contribution in [2.45, 2.75) is 71.8 Å². The molecule has 0 saturated carbocycles. The summed E-state index contributed by atoms with van der Waals surface area (Å²) in [6, 6.07) is 6.53. The fraction of sp³-hybridized carbons (Fsp3) is 0.619. The predicted molar refractivity (Wildman–Crippen MR) is 101 cm³/mol. The van der Waals surface area contributed by atoms with Gasteiger partial charge in [-0.05, 0) is 55.2 Å². The first-order valence-electron chi connectivity index (χ1n) is 9.79. The van der Waals surface area contributed by atoms with Crippen molar-refractivity contribution in [2.75, 3.05) is 13.1 Å². The van der Waals surface area contributed by atoms with Crippen LogP contribution in [-0.2, 0) is 29.0 Å². The Morgan fingerprint density at radius 1 is 1.04 bits per heavy atom. The Morgan fingerprint density at radius 2 is 1.76 bits per heavy atom. The second-order valence-electron chi connectivity index (χ2n) is 6.97. The van der Waals surface area contributed by atoms with Gasteiger partial charge in [-0.2, -0.15) is 0 Å². The second kappa shape index (κ2) is 10.2. The summed E-state index contributed by atoms with van der Waals surface area (Å²) < 4.78 is 0. The van der Waals surface area contributed by atoms with Crippen molar-refractivity contribution in [3.8, 4) is 0 Å². The SMILES string of the molecule is CCCN(CCC)C(=O)CCCC(=O)NCc1ccc2c(c1)CCC2. The molecule has 4 nitrogen and oxygen atoms in total. The first-order valence-corrected chi connectivity index (χ1v) is 9.79. The Hall–Kier alpha value is -1.84. The molecule has 0 unspecified atom stereocenters. The maximum atomic E-state index is 12.2. The molecular weight excluding hydrogens is 312 g/mol. The molecule has 1 N–H and O–H groups in total. The summed E-state index contributed by atoms with van der Waals surface area (Å²) in [6.07, 6.45) is 7.05. The van der Waals surface area contributed by atoms with Gasteiger partial charge >= 0.3 is 0 Å². The van der Waals surface area contributed by atoms with Crippen molar-refractivity contribution in [1.82, 2.24) is 10.2 Å². The topological polar surface area (TPSA) is 49.4 Å². The standard InChI is InChI=1S/C21H32N2O2/c1-3-13-23(14-4-2)21(25)10-6-9-20(24)22-16-17-11-12-18-7-5-8-19(18)15-17/h11-12,15H,3-10,13-14,16H2,1-2H3,(H,22,24). The molecule has 138 valence electrons. The Balaban J connectivity index is 1.67. The molecule has 1 aromatic carbocycles. The van der Waals surface area contributed by atoms with Gasteiger partial charge in [-0.3, -0.25) is 9.59 Å². The van der Waals surface area contributed by atoms with Gasteiger partial charge in [0.1, 0.15) is 0 Å². The zero-order valence-electron chi connectivity index (χ0n) is 15.8. The number of hydrogen-bond donors (Lipinski definition) is 1. The number of fused-ring (bicyclic) bond motifs is 1. The molecule has 0 heterocycles. The lowest BCUT2D eigenvalue weighted by molar-refractivity contribution is -0.131. The van der Waals surface area contributed by atoms with Crippen LogP contribution in [0, 0.1) is 0 Å². The Labute approximate surface area is 152 Å². The first kappa shape index (κ1) is 19.5. The summed E-state index contributed by atoms with van der Waals surface area (Å²) in [5.74, 6) is 0.209. The zero-order chi connectivity index (χ0) is 18.1. The Kier molecular flexibility index (Phi) is 7.96. The Morgan fingerprint density at radius 3 is 2.48 bits per heavy atom. The minimum absolute atomic E-state index is 0.0332. The monoisotopic (exact) mass is 344 g/mol. The molecule has 1 aliphatic carbocycles. The number of amides is 2. The molecule has 0 aliphatic heterocycles. The summed E-state index contributed by atoms with van der Waals surface area (Å²) in [7, 11) is 0. The summed E-state index contributed by atoms with van der Waals surface area (Å²) in [4.78, 5) is 26.1. The van der Waals surface area contributed by atoms with Crippen LogP contribution < -0.4 is 5.32 Å². The summed E-state index contributed by atoms with van der Waals surface area (Å²) in [5.41, 5.74) is 4.06. The van der Waals surface area contributed by atoms with E-state index in [0.717, 1.165) is 32.4 Å². The van der Waals surface area contributed by atoms with Crippen LogP contribution in [-0.4, -0.2) is 29.8 Å². The van der Waals surface area contributed by atoms with E-state index in [9.17, 15) is 9.59 Å². The quantitative estimate of drug-likeness (QED) is 0.705. The van der Waals surface area contributed by atoms with Crippen molar-refractivity contribution >= 4 is 11.8 Å². The average molecular weight is 344 g/mol. The van der Waals surface area contributed by atoms with Gasteiger partial charge in [0.15, 0.2) is 0 Å². The lowest BCUT2D eigenvalue weighted by Crippen LogP contribution is -2.32. The molecule has 4 heteroatoms. The van der Waals surface area contributed by atoms with Gasteiger partial charge in [0.05, 0.1) is 0 Å². The van der Waals surface area contributed by atoms with E-state index in [2.05, 4.69) is 37.4 Å². The van der Waals surface area contributed by atoms with E-state index in [4.69, 9.17) is 0 Å². The molecule has 0 fully saturated rings. The smallest absolute Gasteiger partial charge is 0.222 e. The highest BCUT2D eigenvalue weighted by molar-refractivity contribution is 5.79. The first-order chi connectivity index (χ1) is 12.1. The van der Waals surface area contributed by atoms with Gasteiger partial charge in [-0.1, -0.05) is 32.0 Å². The molecule has 25 heavy (non-hydrogen) atoms. The minimum atomic E-state index is 0.0332. The summed E-state index contributed by atoms with van der Waals surface area (Å²) in [5, 5.41) is 2.98. The molecule has 0 bridgehead atoms. The number of nitrogens with one attached hydrogen (secondary N) is 1. The van der Waals surface area contributed by atoms with Crippen molar-refractivity contribution in [2.24, 2.45) is 0 Å². The molecular formula is C21H32N2O2. The molecule has 0 saturated heterocycles. The fourth-order valence-corrected chi connectivity index (χ4v) is 3.48. The van der Waals surface area contributed by atoms with Crippen molar-refractivity contribution < 1.29 is 9.59 Å². The zero-order valence-corrected chi connectivity index (χ0v) is 15.8. The minimum Gasteiger partial charge on any atom is -0.352 e. The molecule has 0 aromatic heterocycles. The van der Waals surface area contributed by atoms with Crippen LogP contribution in [0.2, 0.25) is 0 Å². The third-order valence-corrected chi connectivity index (χ3v) is 4.79. The van der Waals surface area contributed by atoms with E-state index in [1.807, 2.05) is 4.90 Å². The van der Waals surface area contributed by atoms with E-state index in [1.165, 1.54) is 29.5 Å². The van der Waals surface area contributed by atoms with Crippen LogP contribution in [0.1, 0.15) is 69.1 Å². The van der Waals surface area contributed by atoms with E-state index >= 15 is 0 Å². The molecule has 2 amide bonds. The molecule has 0 atom stereocenters. The highest BCUT2D eigenvalue weighted by atomic mass is 16.2. The average Bonchev–Trinajstić information content (AvgIpc) is 3.07. The van der Waals surface area contributed by atoms with Gasteiger partial charge in [-0.15, -0.1) is 0 Å². The van der Waals surface area contributed by atoms with Crippen LogP contribution in [0.15, 0.2) is 18.2 Å². The lowest BCUT2D eigenvalue weighted by Gasteiger charge is -2.21. The molecule has 1 aromatic rings. The number of aryl methyl sites for hydroxylation is 2. The van der Waals surface area contributed by atoms with Gasteiger partial charge in [0.25, 0.3) is 0 Å². The van der Waals surface area contributed by atoms with Gasteiger partial charge in [-0.25, -0.2) is 0 Å². The van der Waals surface area contributed by atoms with Crippen molar-refractivity contribution in [3.63, 3.8) is 0 Å². The highest BCUT2D eigenvalue weighted by Crippen LogP contribution is 2.22. The molecule has 0 spiro atoms. The number of benzene rings is 1. The summed E-state index contributed by atoms with van der Waals surface area (Å²) >= 11 is 0. The van der Waals surface area contributed by atoms with Crippen molar-refractivity contribution in [1.29, 1.82) is 0 Å². The van der Waals surface area contributed by atoms with Crippen molar-refractivity contribution in [3.05, 3.63) is 34.9 Å².